The summed E-state index contributed by atoms with van der Waals surface area (Å²) in [5.74, 6) is -0.200. The second-order valence-electron chi connectivity index (χ2n) is 4.88. The molecule has 3 nitrogen and oxygen atoms in total. The van der Waals surface area contributed by atoms with E-state index in [1.165, 1.54) is 5.56 Å². The fraction of sp³-hybridized carbons (Fsp3) is 0.176. The average Bonchev–Trinajstić information content (AvgIpc) is 2.83. The SMILES string of the molecule is CCc1ccc2c(c1)sc(=NC(=O)c1ccccc1)n2C. The van der Waals surface area contributed by atoms with Crippen molar-refractivity contribution >= 4 is 27.5 Å². The number of aryl methyl sites for hydroxylation is 2. The van der Waals surface area contributed by atoms with Gasteiger partial charge in [-0.15, -0.1) is 0 Å². The van der Waals surface area contributed by atoms with Crippen LogP contribution in [0, 0.1) is 0 Å². The normalized spacial score (nSPS) is 12.0. The number of rotatable bonds is 2. The van der Waals surface area contributed by atoms with Gasteiger partial charge in [0.15, 0.2) is 4.80 Å². The third kappa shape index (κ3) is 2.67. The van der Waals surface area contributed by atoms with Gasteiger partial charge in [0, 0.05) is 12.6 Å². The summed E-state index contributed by atoms with van der Waals surface area (Å²) in [7, 11) is 1.95. The van der Waals surface area contributed by atoms with E-state index in [2.05, 4.69) is 30.1 Å². The second kappa shape index (κ2) is 5.66. The van der Waals surface area contributed by atoms with Gasteiger partial charge in [-0.05, 0) is 36.2 Å². The van der Waals surface area contributed by atoms with Crippen LogP contribution < -0.4 is 4.80 Å². The Morgan fingerprint density at radius 3 is 2.67 bits per heavy atom. The fourth-order valence-electron chi connectivity index (χ4n) is 2.24. The van der Waals surface area contributed by atoms with Crippen molar-refractivity contribution < 1.29 is 4.79 Å². The highest BCUT2D eigenvalue weighted by Crippen LogP contribution is 2.18. The maximum absolute atomic E-state index is 12.2. The molecular weight excluding hydrogens is 280 g/mol. The van der Waals surface area contributed by atoms with E-state index in [0.717, 1.165) is 21.4 Å². The van der Waals surface area contributed by atoms with Gasteiger partial charge < -0.3 is 4.57 Å². The molecule has 0 aliphatic heterocycles. The molecule has 4 heteroatoms. The molecule has 1 heterocycles. The molecule has 3 aromatic rings. The van der Waals surface area contributed by atoms with Crippen LogP contribution in [0.25, 0.3) is 10.2 Å². The number of aromatic nitrogens is 1. The molecule has 0 bridgehead atoms. The molecule has 0 fully saturated rings. The monoisotopic (exact) mass is 296 g/mol. The molecule has 106 valence electrons. The molecule has 2 aromatic carbocycles. The maximum Gasteiger partial charge on any atom is 0.279 e. The first-order chi connectivity index (χ1) is 10.2. The molecule has 0 N–H and O–H groups in total. The number of fused-ring (bicyclic) bond motifs is 1. The van der Waals surface area contributed by atoms with Crippen LogP contribution in [0.4, 0.5) is 0 Å². The Bertz CT molecular complexity index is 859. The largest absolute Gasteiger partial charge is 0.319 e. The maximum atomic E-state index is 12.2. The topological polar surface area (TPSA) is 34.4 Å². The fourth-order valence-corrected chi connectivity index (χ4v) is 3.32. The van der Waals surface area contributed by atoms with Gasteiger partial charge in [-0.1, -0.05) is 42.5 Å². The summed E-state index contributed by atoms with van der Waals surface area (Å²) >= 11 is 1.55. The van der Waals surface area contributed by atoms with Crippen LogP contribution in [0.5, 0.6) is 0 Å². The molecule has 0 aliphatic carbocycles. The van der Waals surface area contributed by atoms with Crippen LogP contribution in [0.2, 0.25) is 0 Å². The van der Waals surface area contributed by atoms with Crippen molar-refractivity contribution in [2.45, 2.75) is 13.3 Å². The Labute approximate surface area is 127 Å². The van der Waals surface area contributed by atoms with Crippen molar-refractivity contribution in [2.24, 2.45) is 12.0 Å². The molecule has 0 radical (unpaired) electrons. The van der Waals surface area contributed by atoms with Crippen molar-refractivity contribution in [2.75, 3.05) is 0 Å². The summed E-state index contributed by atoms with van der Waals surface area (Å²) in [4.78, 5) is 17.2. The molecule has 1 amide bonds. The van der Waals surface area contributed by atoms with Gasteiger partial charge >= 0.3 is 0 Å². The van der Waals surface area contributed by atoms with Gasteiger partial charge in [0.2, 0.25) is 0 Å². The van der Waals surface area contributed by atoms with E-state index in [1.807, 2.05) is 29.8 Å². The number of carbonyl (C=O) groups excluding carboxylic acids is 1. The lowest BCUT2D eigenvalue weighted by Crippen LogP contribution is -2.13. The molecule has 0 aliphatic rings. The highest BCUT2D eigenvalue weighted by Gasteiger charge is 2.07. The summed E-state index contributed by atoms with van der Waals surface area (Å²) in [6.45, 7) is 2.14. The molecule has 21 heavy (non-hydrogen) atoms. The Kier molecular flexibility index (Phi) is 3.71. The minimum absolute atomic E-state index is 0.200. The van der Waals surface area contributed by atoms with Crippen LogP contribution in [0.3, 0.4) is 0 Å². The van der Waals surface area contributed by atoms with Crippen LogP contribution in [0.1, 0.15) is 22.8 Å². The van der Waals surface area contributed by atoms with E-state index in [-0.39, 0.29) is 5.91 Å². The third-order valence-electron chi connectivity index (χ3n) is 3.50. The lowest BCUT2D eigenvalue weighted by Gasteiger charge is -1.98. The molecule has 0 spiro atoms. The highest BCUT2D eigenvalue weighted by atomic mass is 32.1. The molecule has 0 unspecified atom stereocenters. The first-order valence-corrected chi connectivity index (χ1v) is 7.73. The number of hydrogen-bond acceptors (Lipinski definition) is 2. The molecule has 0 saturated carbocycles. The third-order valence-corrected chi connectivity index (χ3v) is 4.59. The van der Waals surface area contributed by atoms with Gasteiger partial charge in [0.05, 0.1) is 10.2 Å². The van der Waals surface area contributed by atoms with Crippen molar-refractivity contribution in [3.8, 4) is 0 Å². The van der Waals surface area contributed by atoms with Crippen LogP contribution in [0.15, 0.2) is 53.5 Å². The first kappa shape index (κ1) is 13.8. The number of nitrogens with zero attached hydrogens (tertiary/aromatic N) is 2. The van der Waals surface area contributed by atoms with Crippen LogP contribution in [-0.4, -0.2) is 10.5 Å². The van der Waals surface area contributed by atoms with Gasteiger partial charge in [-0.2, -0.15) is 4.99 Å². The van der Waals surface area contributed by atoms with E-state index in [9.17, 15) is 4.79 Å². The van der Waals surface area contributed by atoms with E-state index >= 15 is 0 Å². The lowest BCUT2D eigenvalue weighted by atomic mass is 10.2. The number of amides is 1. The zero-order valence-electron chi connectivity index (χ0n) is 12.0. The zero-order chi connectivity index (χ0) is 14.8. The Morgan fingerprint density at radius 2 is 1.95 bits per heavy atom. The van der Waals surface area contributed by atoms with Crippen LogP contribution in [-0.2, 0) is 13.5 Å². The van der Waals surface area contributed by atoms with Gasteiger partial charge in [0.1, 0.15) is 0 Å². The molecule has 3 rings (SSSR count). The number of hydrogen-bond donors (Lipinski definition) is 0. The van der Waals surface area contributed by atoms with Crippen molar-refractivity contribution in [1.29, 1.82) is 0 Å². The quantitative estimate of drug-likeness (QED) is 0.712. The van der Waals surface area contributed by atoms with E-state index < -0.39 is 0 Å². The van der Waals surface area contributed by atoms with Crippen molar-refractivity contribution in [1.82, 2.24) is 4.57 Å². The summed E-state index contributed by atoms with van der Waals surface area (Å²) in [5, 5.41) is 0. The molecule has 0 atom stereocenters. The molecule has 0 saturated heterocycles. The van der Waals surface area contributed by atoms with E-state index in [1.54, 1.807) is 23.5 Å². The van der Waals surface area contributed by atoms with Crippen molar-refractivity contribution in [3.63, 3.8) is 0 Å². The molecule has 1 aromatic heterocycles. The van der Waals surface area contributed by atoms with Gasteiger partial charge in [-0.25, -0.2) is 0 Å². The van der Waals surface area contributed by atoms with Crippen molar-refractivity contribution in [3.05, 3.63) is 64.5 Å². The first-order valence-electron chi connectivity index (χ1n) is 6.91. The zero-order valence-corrected chi connectivity index (χ0v) is 12.9. The van der Waals surface area contributed by atoms with Gasteiger partial charge in [-0.3, -0.25) is 4.79 Å². The van der Waals surface area contributed by atoms with E-state index in [4.69, 9.17) is 0 Å². The Hall–Kier alpha value is -2.20. The summed E-state index contributed by atoms with van der Waals surface area (Å²) in [6, 6.07) is 15.5. The number of carbonyl (C=O) groups is 1. The highest BCUT2D eigenvalue weighted by molar-refractivity contribution is 7.16. The molecular formula is C17H16N2OS. The summed E-state index contributed by atoms with van der Waals surface area (Å²) in [5.41, 5.74) is 3.02. The predicted octanol–water partition coefficient (Wildman–Crippen LogP) is 3.54. The minimum atomic E-state index is -0.200. The smallest absolute Gasteiger partial charge is 0.279 e. The number of benzene rings is 2. The standard InChI is InChI=1S/C17H16N2OS/c1-3-12-9-10-14-15(11-12)21-17(19(14)2)18-16(20)13-7-5-4-6-8-13/h4-11H,3H2,1-2H3. The summed E-state index contributed by atoms with van der Waals surface area (Å²) in [6.07, 6.45) is 1.01. The number of thiazole rings is 1. The lowest BCUT2D eigenvalue weighted by molar-refractivity contribution is 0.0998. The van der Waals surface area contributed by atoms with Gasteiger partial charge in [0.25, 0.3) is 5.91 Å². The predicted molar refractivity (Wildman–Crippen MR) is 86.5 cm³/mol. The second-order valence-corrected chi connectivity index (χ2v) is 5.89. The minimum Gasteiger partial charge on any atom is -0.319 e. The van der Waals surface area contributed by atoms with E-state index in [0.29, 0.717) is 5.56 Å². The Balaban J connectivity index is 2.10. The van der Waals surface area contributed by atoms with Crippen LogP contribution >= 0.6 is 11.3 Å². The summed E-state index contributed by atoms with van der Waals surface area (Å²) < 4.78 is 3.14. The Morgan fingerprint density at radius 1 is 1.19 bits per heavy atom. The average molecular weight is 296 g/mol.